The summed E-state index contributed by atoms with van der Waals surface area (Å²) in [6.45, 7) is 4.45. The van der Waals surface area contributed by atoms with Crippen LogP contribution in [0.5, 0.6) is 5.88 Å². The Kier molecular flexibility index (Phi) is 3.95. The normalized spacial score (nSPS) is 17.4. The van der Waals surface area contributed by atoms with Gasteiger partial charge < -0.3 is 9.84 Å². The molecule has 8 heteroatoms. The second kappa shape index (κ2) is 6.12. The van der Waals surface area contributed by atoms with Crippen LogP contribution in [-0.4, -0.2) is 50.9 Å². The zero-order valence-electron chi connectivity index (χ0n) is 13.1. The second-order valence-electron chi connectivity index (χ2n) is 5.75. The van der Waals surface area contributed by atoms with Crippen molar-refractivity contribution in [2.24, 2.45) is 0 Å². The van der Waals surface area contributed by atoms with E-state index in [-0.39, 0.29) is 17.7 Å². The van der Waals surface area contributed by atoms with Crippen molar-refractivity contribution in [2.75, 3.05) is 26.3 Å². The molecule has 1 N–H and O–H groups in total. The minimum atomic E-state index is -0.291. The fourth-order valence-electron chi connectivity index (χ4n) is 3.07. The van der Waals surface area contributed by atoms with E-state index in [1.165, 1.54) is 28.0 Å². The summed E-state index contributed by atoms with van der Waals surface area (Å²) < 4.78 is 20.7. The zero-order chi connectivity index (χ0) is 16.7. The predicted octanol–water partition coefficient (Wildman–Crippen LogP) is 2.37. The van der Waals surface area contributed by atoms with E-state index in [0.717, 1.165) is 10.4 Å². The number of benzene rings is 1. The lowest BCUT2D eigenvalue weighted by molar-refractivity contribution is 0.0240. The van der Waals surface area contributed by atoms with Gasteiger partial charge in [-0.3, -0.25) is 4.90 Å². The van der Waals surface area contributed by atoms with Gasteiger partial charge >= 0.3 is 0 Å². The van der Waals surface area contributed by atoms with Crippen molar-refractivity contribution in [3.8, 4) is 5.88 Å². The molecule has 3 heterocycles. The summed E-state index contributed by atoms with van der Waals surface area (Å²) in [6, 6.07) is 6.26. The van der Waals surface area contributed by atoms with Crippen molar-refractivity contribution in [1.82, 2.24) is 19.5 Å². The van der Waals surface area contributed by atoms with Crippen LogP contribution in [0.4, 0.5) is 4.39 Å². The fourth-order valence-corrected chi connectivity index (χ4v) is 4.23. The van der Waals surface area contributed by atoms with Gasteiger partial charge in [-0.1, -0.05) is 23.5 Å². The standard InChI is InChI=1S/C16H17FN4O2S/c1-10-18-16-21(19-10)15(22)14(24-16)13(20-5-7-23-8-6-20)11-3-2-4-12(17)9-11/h2-4,9,13,22H,5-8H2,1H3/t13-/m0/s1. The first-order valence-corrected chi connectivity index (χ1v) is 8.57. The van der Waals surface area contributed by atoms with Crippen molar-refractivity contribution in [3.05, 3.63) is 46.3 Å². The summed E-state index contributed by atoms with van der Waals surface area (Å²) in [6.07, 6.45) is 0. The average molecular weight is 348 g/mol. The van der Waals surface area contributed by atoms with Gasteiger partial charge in [0, 0.05) is 13.1 Å². The Morgan fingerprint density at radius 2 is 2.12 bits per heavy atom. The lowest BCUT2D eigenvalue weighted by atomic mass is 10.0. The minimum absolute atomic E-state index is 0.0661. The Labute approximate surface area is 142 Å². The van der Waals surface area contributed by atoms with Crippen LogP contribution in [0.25, 0.3) is 4.96 Å². The second-order valence-corrected chi connectivity index (χ2v) is 6.76. The van der Waals surface area contributed by atoms with Gasteiger partial charge in [-0.25, -0.2) is 9.37 Å². The summed E-state index contributed by atoms with van der Waals surface area (Å²) in [5, 5.41) is 14.9. The van der Waals surface area contributed by atoms with E-state index < -0.39 is 0 Å². The van der Waals surface area contributed by atoms with Gasteiger partial charge in [0.25, 0.3) is 0 Å². The molecule has 0 saturated carbocycles. The molecule has 1 fully saturated rings. The van der Waals surface area contributed by atoms with Gasteiger partial charge in [-0.15, -0.1) is 5.10 Å². The van der Waals surface area contributed by atoms with Gasteiger partial charge in [0.2, 0.25) is 10.8 Å². The molecule has 0 unspecified atom stereocenters. The lowest BCUT2D eigenvalue weighted by Gasteiger charge is -2.34. The summed E-state index contributed by atoms with van der Waals surface area (Å²) >= 11 is 1.38. The van der Waals surface area contributed by atoms with Crippen molar-refractivity contribution < 1.29 is 14.2 Å². The van der Waals surface area contributed by atoms with Crippen molar-refractivity contribution in [3.63, 3.8) is 0 Å². The molecule has 1 aliphatic heterocycles. The number of hydrogen-bond donors (Lipinski definition) is 1. The molecule has 1 aromatic carbocycles. The highest BCUT2D eigenvalue weighted by Crippen LogP contribution is 2.40. The topological polar surface area (TPSA) is 62.9 Å². The van der Waals surface area contributed by atoms with E-state index in [0.29, 0.717) is 37.1 Å². The summed E-state index contributed by atoms with van der Waals surface area (Å²) in [4.78, 5) is 7.87. The van der Waals surface area contributed by atoms with E-state index in [1.807, 2.05) is 6.07 Å². The zero-order valence-corrected chi connectivity index (χ0v) is 14.0. The molecule has 0 radical (unpaired) electrons. The third kappa shape index (κ3) is 2.66. The van der Waals surface area contributed by atoms with E-state index in [4.69, 9.17) is 4.74 Å². The van der Waals surface area contributed by atoms with Gasteiger partial charge in [-0.05, 0) is 24.6 Å². The molecule has 1 aliphatic rings. The predicted molar refractivity (Wildman–Crippen MR) is 87.9 cm³/mol. The van der Waals surface area contributed by atoms with Gasteiger partial charge in [0.15, 0.2) is 0 Å². The maximum Gasteiger partial charge on any atom is 0.230 e. The molecular weight excluding hydrogens is 331 g/mol. The maximum atomic E-state index is 13.8. The lowest BCUT2D eigenvalue weighted by Crippen LogP contribution is -2.39. The molecule has 1 atom stereocenters. The average Bonchev–Trinajstić information content (AvgIpc) is 3.07. The number of hydrogen-bond acceptors (Lipinski definition) is 6. The largest absolute Gasteiger partial charge is 0.492 e. The van der Waals surface area contributed by atoms with Gasteiger partial charge in [0.1, 0.15) is 11.6 Å². The maximum absolute atomic E-state index is 13.8. The molecule has 1 saturated heterocycles. The molecule has 2 aromatic heterocycles. The quantitative estimate of drug-likeness (QED) is 0.787. The Balaban J connectivity index is 1.84. The Bertz CT molecular complexity index is 872. The first kappa shape index (κ1) is 15.5. The summed E-state index contributed by atoms with van der Waals surface area (Å²) in [5.74, 6) is 0.383. The van der Waals surface area contributed by atoms with E-state index in [9.17, 15) is 9.50 Å². The highest BCUT2D eigenvalue weighted by molar-refractivity contribution is 7.17. The van der Waals surface area contributed by atoms with Gasteiger partial charge in [-0.2, -0.15) is 4.52 Å². The number of fused-ring (bicyclic) bond motifs is 1. The number of aryl methyl sites for hydroxylation is 1. The molecule has 0 spiro atoms. The monoisotopic (exact) mass is 348 g/mol. The molecule has 0 aliphatic carbocycles. The summed E-state index contributed by atoms with van der Waals surface area (Å²) in [5.41, 5.74) is 0.799. The van der Waals surface area contributed by atoms with Crippen LogP contribution in [-0.2, 0) is 4.74 Å². The number of rotatable bonds is 3. The van der Waals surface area contributed by atoms with E-state index in [2.05, 4.69) is 15.0 Å². The van der Waals surface area contributed by atoms with Crippen LogP contribution < -0.4 is 0 Å². The number of halogens is 1. The smallest absolute Gasteiger partial charge is 0.230 e. The first-order valence-electron chi connectivity index (χ1n) is 7.76. The number of aromatic hydroxyl groups is 1. The number of nitrogens with zero attached hydrogens (tertiary/aromatic N) is 4. The molecule has 126 valence electrons. The minimum Gasteiger partial charge on any atom is -0.492 e. The van der Waals surface area contributed by atoms with Crippen LogP contribution in [0.3, 0.4) is 0 Å². The number of aromatic nitrogens is 3. The molecule has 0 bridgehead atoms. The van der Waals surface area contributed by atoms with E-state index >= 15 is 0 Å². The van der Waals surface area contributed by atoms with Crippen LogP contribution in [0.2, 0.25) is 0 Å². The van der Waals surface area contributed by atoms with Crippen LogP contribution >= 0.6 is 11.3 Å². The highest BCUT2D eigenvalue weighted by atomic mass is 32.1. The molecule has 0 amide bonds. The van der Waals surface area contributed by atoms with Gasteiger partial charge in [0.05, 0.1) is 24.1 Å². The van der Waals surface area contributed by atoms with Crippen molar-refractivity contribution >= 4 is 16.3 Å². The highest BCUT2D eigenvalue weighted by Gasteiger charge is 2.30. The SMILES string of the molecule is Cc1nc2sc([C@H](c3cccc(F)c3)N3CCOCC3)c(O)n2n1. The Morgan fingerprint density at radius 3 is 2.83 bits per heavy atom. The molecule has 4 rings (SSSR count). The molecular formula is C16H17FN4O2S. The van der Waals surface area contributed by atoms with Crippen LogP contribution in [0.1, 0.15) is 22.3 Å². The van der Waals surface area contributed by atoms with Crippen LogP contribution in [0.15, 0.2) is 24.3 Å². The number of thiazole rings is 1. The fraction of sp³-hybridized carbons (Fsp3) is 0.375. The molecule has 24 heavy (non-hydrogen) atoms. The Morgan fingerprint density at radius 1 is 1.33 bits per heavy atom. The molecule has 3 aromatic rings. The van der Waals surface area contributed by atoms with Crippen LogP contribution in [0, 0.1) is 12.7 Å². The number of ether oxygens (including phenoxy) is 1. The number of morpholine rings is 1. The molecule has 6 nitrogen and oxygen atoms in total. The third-order valence-electron chi connectivity index (χ3n) is 4.13. The van der Waals surface area contributed by atoms with Crippen molar-refractivity contribution in [2.45, 2.75) is 13.0 Å². The summed E-state index contributed by atoms with van der Waals surface area (Å²) in [7, 11) is 0. The third-order valence-corrected chi connectivity index (χ3v) is 5.20. The van der Waals surface area contributed by atoms with E-state index in [1.54, 1.807) is 13.0 Å². The van der Waals surface area contributed by atoms with Crippen molar-refractivity contribution in [1.29, 1.82) is 0 Å². The Hall–Kier alpha value is -2.03. The first-order chi connectivity index (χ1) is 11.6.